The summed E-state index contributed by atoms with van der Waals surface area (Å²) in [6.07, 6.45) is 5.84. The monoisotopic (exact) mass is 248 g/mol. The Labute approximate surface area is 110 Å². The minimum atomic E-state index is -0.324. The van der Waals surface area contributed by atoms with E-state index in [1.165, 1.54) is 25.7 Å². The SMILES string of the molecule is CCC1CCCCC1C(O)COc1ccccc1. The van der Waals surface area contributed by atoms with Crippen LogP contribution >= 0.6 is 0 Å². The van der Waals surface area contributed by atoms with Crippen molar-refractivity contribution in [1.82, 2.24) is 0 Å². The van der Waals surface area contributed by atoms with Crippen LogP contribution in [0.1, 0.15) is 39.0 Å². The molecule has 1 aliphatic carbocycles. The fourth-order valence-electron chi connectivity index (χ4n) is 3.07. The zero-order valence-corrected chi connectivity index (χ0v) is 11.2. The molecule has 0 spiro atoms. The number of hydrogen-bond donors (Lipinski definition) is 1. The maximum Gasteiger partial charge on any atom is 0.119 e. The van der Waals surface area contributed by atoms with Crippen LogP contribution in [0, 0.1) is 11.8 Å². The average Bonchev–Trinajstić information content (AvgIpc) is 2.45. The van der Waals surface area contributed by atoms with E-state index in [0.717, 1.165) is 12.2 Å². The number of aliphatic hydroxyl groups excluding tert-OH is 1. The Morgan fingerprint density at radius 1 is 1.22 bits per heavy atom. The van der Waals surface area contributed by atoms with Crippen LogP contribution in [0.5, 0.6) is 5.75 Å². The van der Waals surface area contributed by atoms with Crippen LogP contribution in [0.3, 0.4) is 0 Å². The van der Waals surface area contributed by atoms with Crippen LogP contribution < -0.4 is 4.74 Å². The fourth-order valence-corrected chi connectivity index (χ4v) is 3.07. The third-order valence-electron chi connectivity index (χ3n) is 4.15. The molecule has 3 atom stereocenters. The van der Waals surface area contributed by atoms with Crippen molar-refractivity contribution in [2.45, 2.75) is 45.1 Å². The zero-order chi connectivity index (χ0) is 12.8. The first-order valence-corrected chi connectivity index (χ1v) is 7.17. The Balaban J connectivity index is 1.85. The third-order valence-corrected chi connectivity index (χ3v) is 4.15. The topological polar surface area (TPSA) is 29.5 Å². The summed E-state index contributed by atoms with van der Waals surface area (Å²) >= 11 is 0. The summed E-state index contributed by atoms with van der Waals surface area (Å²) in [6, 6.07) is 9.75. The molecule has 2 heteroatoms. The molecule has 0 aromatic heterocycles. The molecule has 1 fully saturated rings. The van der Waals surface area contributed by atoms with E-state index in [4.69, 9.17) is 4.74 Å². The highest BCUT2D eigenvalue weighted by Gasteiger charge is 2.29. The van der Waals surface area contributed by atoms with Gasteiger partial charge in [-0.2, -0.15) is 0 Å². The highest BCUT2D eigenvalue weighted by molar-refractivity contribution is 5.20. The molecule has 0 amide bonds. The second-order valence-electron chi connectivity index (χ2n) is 5.31. The van der Waals surface area contributed by atoms with Crippen LogP contribution in [-0.4, -0.2) is 17.8 Å². The van der Waals surface area contributed by atoms with E-state index in [2.05, 4.69) is 6.92 Å². The zero-order valence-electron chi connectivity index (χ0n) is 11.2. The van der Waals surface area contributed by atoms with Gasteiger partial charge in [0.1, 0.15) is 12.4 Å². The van der Waals surface area contributed by atoms with Gasteiger partial charge in [-0.1, -0.05) is 50.8 Å². The minimum Gasteiger partial charge on any atom is -0.491 e. The van der Waals surface area contributed by atoms with Gasteiger partial charge in [0.25, 0.3) is 0 Å². The molecular weight excluding hydrogens is 224 g/mol. The van der Waals surface area contributed by atoms with E-state index < -0.39 is 0 Å². The molecule has 18 heavy (non-hydrogen) atoms. The first kappa shape index (κ1) is 13.4. The summed E-state index contributed by atoms with van der Waals surface area (Å²) in [5, 5.41) is 10.3. The van der Waals surface area contributed by atoms with Crippen molar-refractivity contribution in [3.8, 4) is 5.75 Å². The Hall–Kier alpha value is -1.02. The van der Waals surface area contributed by atoms with E-state index in [-0.39, 0.29) is 6.10 Å². The van der Waals surface area contributed by atoms with Gasteiger partial charge in [0.15, 0.2) is 0 Å². The number of ether oxygens (including phenoxy) is 1. The van der Waals surface area contributed by atoms with Gasteiger partial charge in [-0.3, -0.25) is 0 Å². The molecule has 1 aliphatic rings. The van der Waals surface area contributed by atoms with E-state index in [1.807, 2.05) is 30.3 Å². The van der Waals surface area contributed by atoms with E-state index in [1.54, 1.807) is 0 Å². The van der Waals surface area contributed by atoms with Crippen LogP contribution in [-0.2, 0) is 0 Å². The number of para-hydroxylation sites is 1. The summed E-state index contributed by atoms with van der Waals surface area (Å²) in [5.41, 5.74) is 0. The van der Waals surface area contributed by atoms with Crippen molar-refractivity contribution < 1.29 is 9.84 Å². The summed E-state index contributed by atoms with van der Waals surface area (Å²) in [6.45, 7) is 2.65. The smallest absolute Gasteiger partial charge is 0.119 e. The molecule has 2 nitrogen and oxygen atoms in total. The molecule has 100 valence electrons. The molecular formula is C16H24O2. The van der Waals surface area contributed by atoms with E-state index in [0.29, 0.717) is 18.4 Å². The number of benzene rings is 1. The van der Waals surface area contributed by atoms with Gasteiger partial charge in [0.2, 0.25) is 0 Å². The summed E-state index contributed by atoms with van der Waals surface area (Å²) < 4.78 is 5.66. The van der Waals surface area contributed by atoms with Crippen molar-refractivity contribution in [1.29, 1.82) is 0 Å². The quantitative estimate of drug-likeness (QED) is 0.862. The van der Waals surface area contributed by atoms with Gasteiger partial charge < -0.3 is 9.84 Å². The van der Waals surface area contributed by atoms with Gasteiger partial charge >= 0.3 is 0 Å². The molecule has 2 rings (SSSR count). The first-order valence-electron chi connectivity index (χ1n) is 7.17. The van der Waals surface area contributed by atoms with Crippen molar-refractivity contribution in [2.75, 3.05) is 6.61 Å². The van der Waals surface area contributed by atoms with Gasteiger partial charge in [0.05, 0.1) is 6.10 Å². The lowest BCUT2D eigenvalue weighted by molar-refractivity contribution is 0.0127. The van der Waals surface area contributed by atoms with Gasteiger partial charge in [-0.05, 0) is 30.4 Å². The fraction of sp³-hybridized carbons (Fsp3) is 0.625. The number of rotatable bonds is 5. The third kappa shape index (κ3) is 3.49. The highest BCUT2D eigenvalue weighted by atomic mass is 16.5. The summed E-state index contributed by atoms with van der Waals surface area (Å²) in [5.74, 6) is 1.95. The number of aliphatic hydroxyl groups is 1. The van der Waals surface area contributed by atoms with Crippen molar-refractivity contribution in [3.05, 3.63) is 30.3 Å². The molecule has 0 bridgehead atoms. The molecule has 3 unspecified atom stereocenters. The predicted molar refractivity (Wildman–Crippen MR) is 73.7 cm³/mol. The molecule has 0 radical (unpaired) electrons. The second kappa shape index (κ2) is 6.79. The normalized spacial score (nSPS) is 25.7. The van der Waals surface area contributed by atoms with E-state index in [9.17, 15) is 5.11 Å². The molecule has 0 saturated heterocycles. The van der Waals surface area contributed by atoms with Crippen molar-refractivity contribution in [3.63, 3.8) is 0 Å². The van der Waals surface area contributed by atoms with Crippen LogP contribution in [0.4, 0.5) is 0 Å². The first-order chi connectivity index (χ1) is 8.81. The molecule has 0 heterocycles. The van der Waals surface area contributed by atoms with Crippen LogP contribution in [0.2, 0.25) is 0 Å². The maximum atomic E-state index is 10.3. The highest BCUT2D eigenvalue weighted by Crippen LogP contribution is 2.34. The number of hydrogen-bond acceptors (Lipinski definition) is 2. The Kier molecular flexibility index (Phi) is 5.06. The minimum absolute atomic E-state index is 0.324. The maximum absolute atomic E-state index is 10.3. The van der Waals surface area contributed by atoms with Crippen LogP contribution in [0.15, 0.2) is 30.3 Å². The van der Waals surface area contributed by atoms with E-state index >= 15 is 0 Å². The standard InChI is InChI=1S/C16H24O2/c1-2-13-8-6-7-11-15(13)16(17)12-18-14-9-4-3-5-10-14/h3-5,9-10,13,15-17H,2,6-8,11-12H2,1H3. The lowest BCUT2D eigenvalue weighted by Gasteiger charge is -2.34. The van der Waals surface area contributed by atoms with Gasteiger partial charge in [0, 0.05) is 0 Å². The Morgan fingerprint density at radius 3 is 2.67 bits per heavy atom. The predicted octanol–water partition coefficient (Wildman–Crippen LogP) is 3.64. The molecule has 1 aromatic rings. The molecule has 0 aliphatic heterocycles. The van der Waals surface area contributed by atoms with Gasteiger partial charge in [-0.15, -0.1) is 0 Å². The van der Waals surface area contributed by atoms with Crippen LogP contribution in [0.25, 0.3) is 0 Å². The lowest BCUT2D eigenvalue weighted by atomic mass is 9.75. The van der Waals surface area contributed by atoms with Crippen molar-refractivity contribution in [2.24, 2.45) is 11.8 Å². The molecule has 1 saturated carbocycles. The molecule has 1 aromatic carbocycles. The van der Waals surface area contributed by atoms with Gasteiger partial charge in [-0.25, -0.2) is 0 Å². The Bertz CT molecular complexity index is 336. The Morgan fingerprint density at radius 2 is 1.94 bits per heavy atom. The summed E-state index contributed by atoms with van der Waals surface area (Å²) in [7, 11) is 0. The average molecular weight is 248 g/mol. The lowest BCUT2D eigenvalue weighted by Crippen LogP contribution is -2.34. The second-order valence-corrected chi connectivity index (χ2v) is 5.31. The largest absolute Gasteiger partial charge is 0.491 e. The van der Waals surface area contributed by atoms with Crippen molar-refractivity contribution >= 4 is 0 Å². The molecule has 1 N–H and O–H groups in total. The summed E-state index contributed by atoms with van der Waals surface area (Å²) in [4.78, 5) is 0.